The monoisotopic (exact) mass is 261 g/mol. The van der Waals surface area contributed by atoms with Gasteiger partial charge >= 0.3 is 11.9 Å². The SMILES string of the molecule is O=C(O)c1cc(Cl)ncc1C(O)C(O)C(=O)O. The van der Waals surface area contributed by atoms with Crippen molar-refractivity contribution in [3.8, 4) is 0 Å². The lowest BCUT2D eigenvalue weighted by atomic mass is 10.0. The van der Waals surface area contributed by atoms with Crippen molar-refractivity contribution >= 4 is 23.5 Å². The third kappa shape index (κ3) is 2.90. The summed E-state index contributed by atoms with van der Waals surface area (Å²) in [7, 11) is 0. The van der Waals surface area contributed by atoms with Crippen molar-refractivity contribution in [2.24, 2.45) is 0 Å². The first-order valence-corrected chi connectivity index (χ1v) is 4.70. The van der Waals surface area contributed by atoms with Gasteiger partial charge in [0.1, 0.15) is 11.3 Å². The summed E-state index contributed by atoms with van der Waals surface area (Å²) in [6, 6.07) is 0.955. The zero-order valence-corrected chi connectivity index (χ0v) is 9.00. The molecule has 2 atom stereocenters. The number of halogens is 1. The summed E-state index contributed by atoms with van der Waals surface area (Å²) in [6.45, 7) is 0. The Bertz CT molecular complexity index is 463. The average molecular weight is 262 g/mol. The number of nitrogens with zero attached hydrogens (tertiary/aromatic N) is 1. The minimum absolute atomic E-state index is 0.122. The molecule has 1 heterocycles. The first-order chi connectivity index (χ1) is 7.84. The molecule has 8 heteroatoms. The highest BCUT2D eigenvalue weighted by atomic mass is 35.5. The molecule has 0 spiro atoms. The number of aliphatic hydroxyl groups is 2. The molecule has 0 aliphatic rings. The van der Waals surface area contributed by atoms with Gasteiger partial charge < -0.3 is 20.4 Å². The van der Waals surface area contributed by atoms with Crippen LogP contribution in [0.25, 0.3) is 0 Å². The highest BCUT2D eigenvalue weighted by molar-refractivity contribution is 6.29. The van der Waals surface area contributed by atoms with Crippen LogP contribution in [0.2, 0.25) is 5.15 Å². The Morgan fingerprint density at radius 2 is 1.88 bits per heavy atom. The second kappa shape index (κ2) is 5.09. The fourth-order valence-electron chi connectivity index (χ4n) is 1.17. The summed E-state index contributed by atoms with van der Waals surface area (Å²) in [5.74, 6) is -3.09. The summed E-state index contributed by atoms with van der Waals surface area (Å²) in [5, 5.41) is 35.8. The highest BCUT2D eigenvalue weighted by Crippen LogP contribution is 2.23. The van der Waals surface area contributed by atoms with Gasteiger partial charge in [0.05, 0.1) is 5.56 Å². The van der Waals surface area contributed by atoms with Gasteiger partial charge in [-0.25, -0.2) is 14.6 Å². The van der Waals surface area contributed by atoms with Crippen LogP contribution < -0.4 is 0 Å². The number of rotatable bonds is 4. The van der Waals surface area contributed by atoms with Crippen molar-refractivity contribution in [2.75, 3.05) is 0 Å². The van der Waals surface area contributed by atoms with E-state index in [1.807, 2.05) is 0 Å². The number of pyridine rings is 1. The van der Waals surface area contributed by atoms with E-state index in [0.717, 1.165) is 12.3 Å². The molecule has 0 saturated heterocycles. The molecule has 2 unspecified atom stereocenters. The maximum Gasteiger partial charge on any atom is 0.336 e. The molecule has 0 radical (unpaired) electrons. The third-order valence-corrected chi connectivity index (χ3v) is 2.21. The summed E-state index contributed by atoms with van der Waals surface area (Å²) < 4.78 is 0. The number of hydrogen-bond acceptors (Lipinski definition) is 5. The molecule has 0 amide bonds. The lowest BCUT2D eigenvalue weighted by Crippen LogP contribution is -2.28. The van der Waals surface area contributed by atoms with Crippen LogP contribution in [0, 0.1) is 0 Å². The Kier molecular flexibility index (Phi) is 4.00. The molecule has 0 bridgehead atoms. The van der Waals surface area contributed by atoms with Gasteiger partial charge in [-0.3, -0.25) is 0 Å². The second-order valence-electron chi connectivity index (χ2n) is 3.13. The number of carbonyl (C=O) groups is 2. The van der Waals surface area contributed by atoms with Crippen LogP contribution in [-0.4, -0.2) is 43.5 Å². The van der Waals surface area contributed by atoms with Crippen LogP contribution in [0.3, 0.4) is 0 Å². The smallest absolute Gasteiger partial charge is 0.336 e. The van der Waals surface area contributed by atoms with E-state index in [1.165, 1.54) is 0 Å². The van der Waals surface area contributed by atoms with E-state index < -0.39 is 29.7 Å². The third-order valence-electron chi connectivity index (χ3n) is 2.00. The lowest BCUT2D eigenvalue weighted by molar-refractivity contribution is -0.153. The van der Waals surface area contributed by atoms with E-state index in [2.05, 4.69) is 4.98 Å². The van der Waals surface area contributed by atoms with Gasteiger partial charge in [0.15, 0.2) is 6.10 Å². The largest absolute Gasteiger partial charge is 0.479 e. The zero-order chi connectivity index (χ0) is 13.2. The molecule has 0 aliphatic heterocycles. The molecule has 0 aromatic carbocycles. The van der Waals surface area contributed by atoms with Crippen molar-refractivity contribution in [1.82, 2.24) is 4.98 Å². The maximum absolute atomic E-state index is 10.8. The van der Waals surface area contributed by atoms with Crippen LogP contribution in [0.15, 0.2) is 12.3 Å². The molecule has 0 saturated carbocycles. The normalized spacial score (nSPS) is 14.1. The lowest BCUT2D eigenvalue weighted by Gasteiger charge is -2.15. The van der Waals surface area contributed by atoms with Gasteiger partial charge in [-0.2, -0.15) is 0 Å². The van der Waals surface area contributed by atoms with E-state index in [-0.39, 0.29) is 10.7 Å². The van der Waals surface area contributed by atoms with Gasteiger partial charge in [0.2, 0.25) is 0 Å². The maximum atomic E-state index is 10.8. The summed E-state index contributed by atoms with van der Waals surface area (Å²) in [5.41, 5.74) is -0.741. The Balaban J connectivity index is 3.21. The molecular weight excluding hydrogens is 254 g/mol. The van der Waals surface area contributed by atoms with Crippen molar-refractivity contribution in [3.05, 3.63) is 28.5 Å². The van der Waals surface area contributed by atoms with E-state index in [9.17, 15) is 14.7 Å². The number of aromatic nitrogens is 1. The van der Waals surface area contributed by atoms with E-state index in [1.54, 1.807) is 0 Å². The van der Waals surface area contributed by atoms with Crippen molar-refractivity contribution in [3.63, 3.8) is 0 Å². The minimum Gasteiger partial charge on any atom is -0.479 e. The van der Waals surface area contributed by atoms with Gasteiger partial charge in [0.25, 0.3) is 0 Å². The zero-order valence-electron chi connectivity index (χ0n) is 8.24. The molecule has 0 fully saturated rings. The summed E-state index contributed by atoms with van der Waals surface area (Å²) in [4.78, 5) is 24.8. The first-order valence-electron chi connectivity index (χ1n) is 4.32. The summed E-state index contributed by atoms with van der Waals surface area (Å²) in [6.07, 6.45) is -3.14. The fourth-order valence-corrected chi connectivity index (χ4v) is 1.32. The quantitative estimate of drug-likeness (QED) is 0.558. The molecular formula is C9H8ClNO6. The Morgan fingerprint density at radius 3 is 2.35 bits per heavy atom. The minimum atomic E-state index is -2.14. The standard InChI is InChI=1S/C9H8ClNO6/c10-5-1-3(8(14)15)4(2-11-5)6(12)7(13)9(16)17/h1-2,6-7,12-13H,(H,14,15)(H,16,17). The van der Waals surface area contributed by atoms with Crippen molar-refractivity contribution in [2.45, 2.75) is 12.2 Å². The average Bonchev–Trinajstić information content (AvgIpc) is 2.26. The fraction of sp³-hybridized carbons (Fsp3) is 0.222. The van der Waals surface area contributed by atoms with Crippen molar-refractivity contribution in [1.29, 1.82) is 0 Å². The Labute approximate surface area is 99.9 Å². The number of aliphatic hydroxyl groups excluding tert-OH is 2. The number of carboxylic acid groups (broad SMARTS) is 2. The van der Waals surface area contributed by atoms with Crippen molar-refractivity contribution < 1.29 is 30.0 Å². The predicted octanol–water partition coefficient (Wildman–Crippen LogP) is -0.0879. The highest BCUT2D eigenvalue weighted by Gasteiger charge is 2.29. The van der Waals surface area contributed by atoms with E-state index in [0.29, 0.717) is 0 Å². The number of aromatic carboxylic acids is 1. The Hall–Kier alpha value is -1.70. The van der Waals surface area contributed by atoms with Gasteiger partial charge in [-0.15, -0.1) is 0 Å². The topological polar surface area (TPSA) is 128 Å². The van der Waals surface area contributed by atoms with Gasteiger partial charge in [-0.1, -0.05) is 11.6 Å². The molecule has 1 aromatic rings. The number of aliphatic carboxylic acids is 1. The van der Waals surface area contributed by atoms with Crippen LogP contribution in [0.4, 0.5) is 0 Å². The second-order valence-corrected chi connectivity index (χ2v) is 3.51. The van der Waals surface area contributed by atoms with Crippen LogP contribution in [-0.2, 0) is 4.79 Å². The van der Waals surface area contributed by atoms with Crippen LogP contribution in [0.1, 0.15) is 22.0 Å². The van der Waals surface area contributed by atoms with E-state index >= 15 is 0 Å². The summed E-state index contributed by atoms with van der Waals surface area (Å²) >= 11 is 5.47. The molecule has 0 aliphatic carbocycles. The predicted molar refractivity (Wildman–Crippen MR) is 54.8 cm³/mol. The molecule has 1 aromatic heterocycles. The molecule has 92 valence electrons. The van der Waals surface area contributed by atoms with Crippen LogP contribution in [0.5, 0.6) is 0 Å². The Morgan fingerprint density at radius 1 is 1.29 bits per heavy atom. The van der Waals surface area contributed by atoms with Gasteiger partial charge in [-0.05, 0) is 6.07 Å². The number of carboxylic acids is 2. The van der Waals surface area contributed by atoms with Crippen LogP contribution >= 0.6 is 11.6 Å². The molecule has 7 nitrogen and oxygen atoms in total. The van der Waals surface area contributed by atoms with E-state index in [4.69, 9.17) is 26.9 Å². The molecule has 17 heavy (non-hydrogen) atoms. The molecule has 1 rings (SSSR count). The first kappa shape index (κ1) is 13.4. The van der Waals surface area contributed by atoms with Gasteiger partial charge in [0, 0.05) is 11.8 Å². The molecule has 4 N–H and O–H groups in total. The number of hydrogen-bond donors (Lipinski definition) is 4.